The minimum atomic E-state index is -0.440. The van der Waals surface area contributed by atoms with Crippen molar-refractivity contribution < 1.29 is 9.63 Å². The van der Waals surface area contributed by atoms with Crippen molar-refractivity contribution in [1.29, 1.82) is 0 Å². The van der Waals surface area contributed by atoms with E-state index in [0.29, 0.717) is 6.04 Å². The highest BCUT2D eigenvalue weighted by Crippen LogP contribution is 2.23. The summed E-state index contributed by atoms with van der Waals surface area (Å²) in [5.74, 6) is -0.137. The van der Waals surface area contributed by atoms with E-state index in [4.69, 9.17) is 4.84 Å². The molecule has 1 aromatic carbocycles. The molecule has 25 heavy (non-hydrogen) atoms. The average molecular weight is 345 g/mol. The van der Waals surface area contributed by atoms with Gasteiger partial charge in [-0.25, -0.2) is 4.79 Å². The van der Waals surface area contributed by atoms with Crippen LogP contribution in [-0.4, -0.2) is 61.2 Å². The van der Waals surface area contributed by atoms with E-state index in [9.17, 15) is 4.79 Å². The number of carbonyl (C=O) groups excluding carboxylic acids is 1. The minimum Gasteiger partial charge on any atom is -0.369 e. The highest BCUT2D eigenvalue weighted by Gasteiger charge is 2.31. The summed E-state index contributed by atoms with van der Waals surface area (Å²) >= 11 is 0. The van der Waals surface area contributed by atoms with E-state index in [1.54, 1.807) is 0 Å². The van der Waals surface area contributed by atoms with Crippen LogP contribution in [0.3, 0.4) is 0 Å². The highest BCUT2D eigenvalue weighted by atomic mass is 16.7. The fourth-order valence-corrected chi connectivity index (χ4v) is 3.54. The third kappa shape index (κ3) is 4.73. The Hall–Kier alpha value is -1.59. The first-order valence-corrected chi connectivity index (χ1v) is 9.45. The van der Waals surface area contributed by atoms with Gasteiger partial charge in [-0.2, -0.15) is 0 Å². The van der Waals surface area contributed by atoms with Crippen molar-refractivity contribution in [2.75, 3.05) is 44.2 Å². The maximum absolute atomic E-state index is 12.0. The van der Waals surface area contributed by atoms with Gasteiger partial charge in [0.2, 0.25) is 0 Å². The number of hydroxylamine groups is 2. The quantitative estimate of drug-likeness (QED) is 0.842. The van der Waals surface area contributed by atoms with Crippen LogP contribution in [-0.2, 0) is 9.63 Å². The fourth-order valence-electron chi connectivity index (χ4n) is 3.54. The number of hydrogen-bond donors (Lipinski definition) is 0. The number of nitrogens with zero attached hydrogens (tertiary/aromatic N) is 3. The molecular formula is C20H31N3O2. The van der Waals surface area contributed by atoms with Gasteiger partial charge in [0, 0.05) is 51.0 Å². The zero-order chi connectivity index (χ0) is 17.9. The Morgan fingerprint density at radius 1 is 0.960 bits per heavy atom. The molecule has 2 aliphatic heterocycles. The summed E-state index contributed by atoms with van der Waals surface area (Å²) in [6.07, 6.45) is 2.14. The summed E-state index contributed by atoms with van der Waals surface area (Å²) in [6.45, 7) is 11.8. The third-order valence-electron chi connectivity index (χ3n) is 5.20. The Kier molecular flexibility index (Phi) is 5.64. The van der Waals surface area contributed by atoms with Crippen molar-refractivity contribution in [2.24, 2.45) is 5.41 Å². The zero-order valence-corrected chi connectivity index (χ0v) is 15.8. The normalized spacial score (nSPS) is 21.3. The van der Waals surface area contributed by atoms with E-state index in [1.807, 2.05) is 25.8 Å². The predicted octanol–water partition coefficient (Wildman–Crippen LogP) is 2.78. The number of carbonyl (C=O) groups is 1. The van der Waals surface area contributed by atoms with Gasteiger partial charge in [-0.3, -0.25) is 4.90 Å². The van der Waals surface area contributed by atoms with Crippen molar-refractivity contribution in [2.45, 2.75) is 39.7 Å². The first kappa shape index (κ1) is 18.2. The van der Waals surface area contributed by atoms with Gasteiger partial charge in [0.25, 0.3) is 0 Å². The first-order valence-electron chi connectivity index (χ1n) is 9.45. The molecule has 2 fully saturated rings. The lowest BCUT2D eigenvalue weighted by atomic mass is 9.97. The molecule has 0 unspecified atom stereocenters. The maximum Gasteiger partial charge on any atom is 0.330 e. The van der Waals surface area contributed by atoms with E-state index in [0.717, 1.165) is 52.1 Å². The summed E-state index contributed by atoms with van der Waals surface area (Å²) in [4.78, 5) is 22.6. The van der Waals surface area contributed by atoms with Gasteiger partial charge in [-0.15, -0.1) is 5.06 Å². The number of piperazine rings is 1. The number of rotatable bonds is 3. The van der Waals surface area contributed by atoms with Gasteiger partial charge < -0.3 is 9.74 Å². The largest absolute Gasteiger partial charge is 0.369 e. The molecule has 5 heteroatoms. The molecule has 0 N–H and O–H groups in total. The van der Waals surface area contributed by atoms with Crippen LogP contribution in [0, 0.1) is 5.41 Å². The molecule has 2 aliphatic rings. The molecule has 0 amide bonds. The second-order valence-electron chi connectivity index (χ2n) is 8.15. The Balaban J connectivity index is 1.43. The second kappa shape index (κ2) is 7.75. The molecular weight excluding hydrogens is 314 g/mol. The molecule has 3 rings (SSSR count). The molecule has 0 bridgehead atoms. The standard InChI is InChI=1S/C20H31N3O2/c1-20(2,3)19(24)25-23-11-9-18(10-12-23)22-15-13-21(14-16-22)17-7-5-4-6-8-17/h4-8,18H,9-16H2,1-3H3. The van der Waals surface area contributed by atoms with E-state index < -0.39 is 5.41 Å². The molecule has 0 saturated carbocycles. The summed E-state index contributed by atoms with van der Waals surface area (Å²) in [7, 11) is 0. The summed E-state index contributed by atoms with van der Waals surface area (Å²) in [5.41, 5.74) is 0.885. The summed E-state index contributed by atoms with van der Waals surface area (Å²) in [6, 6.07) is 11.3. The molecule has 2 saturated heterocycles. The van der Waals surface area contributed by atoms with Crippen LogP contribution in [0.25, 0.3) is 0 Å². The van der Waals surface area contributed by atoms with Crippen LogP contribution in [0.4, 0.5) is 5.69 Å². The molecule has 0 radical (unpaired) electrons. The molecule has 2 heterocycles. The van der Waals surface area contributed by atoms with Crippen molar-refractivity contribution in [3.63, 3.8) is 0 Å². The van der Waals surface area contributed by atoms with Crippen LogP contribution in [0.1, 0.15) is 33.6 Å². The van der Waals surface area contributed by atoms with Crippen molar-refractivity contribution in [3.05, 3.63) is 30.3 Å². The van der Waals surface area contributed by atoms with Crippen molar-refractivity contribution in [1.82, 2.24) is 9.96 Å². The van der Waals surface area contributed by atoms with E-state index >= 15 is 0 Å². The lowest BCUT2D eigenvalue weighted by molar-refractivity contribution is -0.206. The summed E-state index contributed by atoms with van der Waals surface area (Å²) < 4.78 is 0. The molecule has 138 valence electrons. The van der Waals surface area contributed by atoms with Gasteiger partial charge in [0.15, 0.2) is 0 Å². The van der Waals surface area contributed by atoms with E-state index in [-0.39, 0.29) is 5.97 Å². The van der Waals surface area contributed by atoms with Crippen LogP contribution >= 0.6 is 0 Å². The van der Waals surface area contributed by atoms with Crippen molar-refractivity contribution >= 4 is 11.7 Å². The van der Waals surface area contributed by atoms with Crippen LogP contribution < -0.4 is 4.90 Å². The third-order valence-corrected chi connectivity index (χ3v) is 5.20. The first-order chi connectivity index (χ1) is 11.9. The van der Waals surface area contributed by atoms with Crippen LogP contribution in [0.15, 0.2) is 30.3 Å². The molecule has 0 spiro atoms. The Bertz CT molecular complexity index is 554. The van der Waals surface area contributed by atoms with Crippen molar-refractivity contribution in [3.8, 4) is 0 Å². The topological polar surface area (TPSA) is 36.0 Å². The molecule has 0 aliphatic carbocycles. The zero-order valence-electron chi connectivity index (χ0n) is 15.8. The second-order valence-corrected chi connectivity index (χ2v) is 8.15. The van der Waals surface area contributed by atoms with Gasteiger partial charge >= 0.3 is 5.97 Å². The van der Waals surface area contributed by atoms with Gasteiger partial charge in [0.05, 0.1) is 5.41 Å². The maximum atomic E-state index is 12.0. The van der Waals surface area contributed by atoms with Gasteiger partial charge in [0.1, 0.15) is 0 Å². The van der Waals surface area contributed by atoms with Crippen LogP contribution in [0.2, 0.25) is 0 Å². The van der Waals surface area contributed by atoms with Gasteiger partial charge in [-0.05, 0) is 45.7 Å². The Morgan fingerprint density at radius 2 is 1.56 bits per heavy atom. The van der Waals surface area contributed by atoms with Gasteiger partial charge in [-0.1, -0.05) is 18.2 Å². The molecule has 0 atom stereocenters. The molecule has 0 aromatic heterocycles. The fraction of sp³-hybridized carbons (Fsp3) is 0.650. The van der Waals surface area contributed by atoms with E-state index in [2.05, 4.69) is 40.1 Å². The Morgan fingerprint density at radius 3 is 2.12 bits per heavy atom. The summed E-state index contributed by atoms with van der Waals surface area (Å²) in [5, 5.41) is 1.85. The van der Waals surface area contributed by atoms with E-state index in [1.165, 1.54) is 5.69 Å². The highest BCUT2D eigenvalue weighted by molar-refractivity contribution is 5.75. The molecule has 5 nitrogen and oxygen atoms in total. The number of anilines is 1. The number of para-hydroxylation sites is 1. The van der Waals surface area contributed by atoms with Crippen LogP contribution in [0.5, 0.6) is 0 Å². The smallest absolute Gasteiger partial charge is 0.330 e. The minimum absolute atomic E-state index is 0.137. The monoisotopic (exact) mass is 345 g/mol. The lowest BCUT2D eigenvalue weighted by Gasteiger charge is -2.43. The predicted molar refractivity (Wildman–Crippen MR) is 100 cm³/mol. The average Bonchev–Trinajstić information content (AvgIpc) is 2.62. The number of benzene rings is 1. The number of hydrogen-bond acceptors (Lipinski definition) is 5. The lowest BCUT2D eigenvalue weighted by Crippen LogP contribution is -2.53. The Labute approximate surface area is 151 Å². The molecule has 1 aromatic rings. The SMILES string of the molecule is CC(C)(C)C(=O)ON1CCC(N2CCN(c3ccccc3)CC2)CC1. The number of piperidine rings is 1.